The Morgan fingerprint density at radius 1 is 0.143 bits per heavy atom. The normalized spacial score (nSPS) is 16.3. The van der Waals surface area contributed by atoms with Crippen molar-refractivity contribution in [2.24, 2.45) is 0 Å². The van der Waals surface area contributed by atoms with E-state index >= 15 is 0 Å². The summed E-state index contributed by atoms with van der Waals surface area (Å²) in [6.45, 7) is 33.0. The van der Waals surface area contributed by atoms with Gasteiger partial charge in [0.05, 0.1) is 0 Å². The van der Waals surface area contributed by atoms with Crippen LogP contribution >= 0.6 is 0 Å². The molecule has 0 atom stereocenters. The first-order valence-electron chi connectivity index (χ1n) is 35.6. The van der Waals surface area contributed by atoms with Crippen LogP contribution in [0, 0.1) is 13.8 Å². The van der Waals surface area contributed by atoms with E-state index in [0.29, 0.717) is 0 Å². The van der Waals surface area contributed by atoms with E-state index in [-0.39, 0.29) is 32.5 Å². The van der Waals surface area contributed by atoms with E-state index in [2.05, 4.69) is 352 Å². The van der Waals surface area contributed by atoms with Gasteiger partial charge in [0.1, 0.15) is 0 Å². The Balaban J connectivity index is 0.000000187. The lowest BCUT2D eigenvalue weighted by Gasteiger charge is -2.24. The van der Waals surface area contributed by atoms with Crippen LogP contribution in [0.25, 0.3) is 122 Å². The van der Waals surface area contributed by atoms with Gasteiger partial charge in [-0.1, -0.05) is 289 Å². The standard InChI is InChI=1S/C67H56.C31H28/c1-39-30-46(44-22-28-54-52-26-20-42(35-60(52)66(6,7)62(54)37-44)40-18-24-50-48-14-10-12-16-56(48)64(2,3)58(50)33-40)32-47(31-39)45-23-29-55-53-27-21-43(36-61(53)67(8,9)63(55)38-45)41-19-25-51-49-15-11-13-17-57(49)65(4,5)59(51)34-41;1-19-10-13-23-25-15-12-21(18-29(25)31(4,5)27(23)16-19)20-11-14-24-22-8-6-7-9-26(22)30(2,3)28(24)17-20/h10-38H,1-9H3;6-18H,1-5H3. The molecule has 476 valence electrons. The minimum atomic E-state index is -0.140. The smallest absolute Gasteiger partial charge is 0.0159 e. The molecule has 0 fully saturated rings. The minimum absolute atomic E-state index is 0.0238. The summed E-state index contributed by atoms with van der Waals surface area (Å²) in [5, 5.41) is 0. The van der Waals surface area contributed by atoms with Crippen molar-refractivity contribution >= 4 is 0 Å². The molecule has 0 amide bonds. The minimum Gasteiger partial charge on any atom is -0.0619 e. The average molecular weight is 1260 g/mol. The molecular formula is C98H84. The zero-order valence-corrected chi connectivity index (χ0v) is 59.2. The van der Waals surface area contributed by atoms with Crippen LogP contribution in [0.1, 0.15) is 161 Å². The molecule has 0 heterocycles. The van der Waals surface area contributed by atoms with E-state index in [0.717, 1.165) is 0 Å². The molecule has 0 nitrogen and oxygen atoms in total. The van der Waals surface area contributed by atoms with Crippen LogP contribution in [-0.2, 0) is 32.5 Å². The zero-order valence-electron chi connectivity index (χ0n) is 59.2. The van der Waals surface area contributed by atoms with Gasteiger partial charge in [0.25, 0.3) is 0 Å². The van der Waals surface area contributed by atoms with Crippen molar-refractivity contribution in [3.63, 3.8) is 0 Å². The quantitative estimate of drug-likeness (QED) is 0.161. The van der Waals surface area contributed by atoms with Crippen LogP contribution in [0.15, 0.2) is 255 Å². The number of fused-ring (bicyclic) bond motifs is 18. The number of hydrogen-bond donors (Lipinski definition) is 0. The van der Waals surface area contributed by atoms with E-state index in [4.69, 9.17) is 0 Å². The molecular weight excluding hydrogens is 1180 g/mol. The van der Waals surface area contributed by atoms with Gasteiger partial charge < -0.3 is 0 Å². The van der Waals surface area contributed by atoms with E-state index in [1.165, 1.54) is 200 Å². The summed E-state index contributed by atoms with van der Waals surface area (Å²) < 4.78 is 0. The maximum atomic E-state index is 2.48. The Morgan fingerprint density at radius 3 is 0.571 bits per heavy atom. The van der Waals surface area contributed by atoms with Crippen LogP contribution in [0.5, 0.6) is 0 Å². The topological polar surface area (TPSA) is 0 Å². The molecule has 0 heteroatoms. The highest BCUT2D eigenvalue weighted by Gasteiger charge is 2.42. The lowest BCUT2D eigenvalue weighted by atomic mass is 9.79. The second-order valence-corrected chi connectivity index (χ2v) is 32.6. The van der Waals surface area contributed by atoms with Gasteiger partial charge in [-0.05, 0) is 263 Å². The number of rotatable bonds is 5. The van der Waals surface area contributed by atoms with Crippen molar-refractivity contribution in [3.05, 3.63) is 333 Å². The Labute approximate surface area is 580 Å². The van der Waals surface area contributed by atoms with Crippen LogP contribution in [0.3, 0.4) is 0 Å². The summed E-state index contributed by atoms with van der Waals surface area (Å²) in [7, 11) is 0. The predicted molar refractivity (Wildman–Crippen MR) is 415 cm³/mol. The van der Waals surface area contributed by atoms with Crippen LogP contribution in [-0.4, -0.2) is 0 Å². The second-order valence-electron chi connectivity index (χ2n) is 32.6. The first kappa shape index (κ1) is 60.3. The first-order valence-corrected chi connectivity index (χ1v) is 35.6. The van der Waals surface area contributed by atoms with E-state index < -0.39 is 0 Å². The number of benzene rings is 13. The van der Waals surface area contributed by atoms with Gasteiger partial charge in [-0.15, -0.1) is 0 Å². The molecule has 6 aliphatic rings. The molecule has 0 aliphatic heterocycles. The number of hydrogen-bond acceptors (Lipinski definition) is 0. The summed E-state index contributed by atoms with van der Waals surface area (Å²) in [6, 6.07) is 97.9. The van der Waals surface area contributed by atoms with Gasteiger partial charge in [0.15, 0.2) is 0 Å². The second kappa shape index (κ2) is 20.7. The molecule has 0 radical (unpaired) electrons. The van der Waals surface area contributed by atoms with Crippen molar-refractivity contribution in [1.82, 2.24) is 0 Å². The molecule has 0 saturated heterocycles. The Bertz CT molecular complexity index is 5400. The Hall–Kier alpha value is -10.1. The average Bonchev–Trinajstić information content (AvgIpc) is 1.57. The first-order chi connectivity index (χ1) is 46.9. The third-order valence-corrected chi connectivity index (χ3v) is 24.7. The van der Waals surface area contributed by atoms with Gasteiger partial charge in [-0.25, -0.2) is 0 Å². The third kappa shape index (κ3) is 8.62. The van der Waals surface area contributed by atoms with E-state index in [9.17, 15) is 0 Å². The van der Waals surface area contributed by atoms with Gasteiger partial charge in [-0.2, -0.15) is 0 Å². The fourth-order valence-electron chi connectivity index (χ4n) is 19.0. The van der Waals surface area contributed by atoms with Crippen LogP contribution in [0.4, 0.5) is 0 Å². The summed E-state index contributed by atoms with van der Waals surface area (Å²) in [4.78, 5) is 0. The highest BCUT2D eigenvalue weighted by molar-refractivity contribution is 5.93. The maximum Gasteiger partial charge on any atom is 0.0159 e. The molecule has 98 heavy (non-hydrogen) atoms. The van der Waals surface area contributed by atoms with Crippen molar-refractivity contribution in [2.45, 2.75) is 129 Å². The molecule has 13 aromatic carbocycles. The van der Waals surface area contributed by atoms with E-state index in [1.54, 1.807) is 0 Å². The Kier molecular flexibility index (Phi) is 12.7. The molecule has 19 rings (SSSR count). The number of aryl methyl sites for hydroxylation is 2. The van der Waals surface area contributed by atoms with Crippen LogP contribution < -0.4 is 0 Å². The van der Waals surface area contributed by atoms with Crippen molar-refractivity contribution in [1.29, 1.82) is 0 Å². The molecule has 6 aliphatic carbocycles. The molecule has 0 spiro atoms. The molecule has 0 saturated carbocycles. The summed E-state index contributed by atoms with van der Waals surface area (Å²) >= 11 is 0. The molecule has 0 aromatic heterocycles. The lowest BCUT2D eigenvalue weighted by Crippen LogP contribution is -2.15. The van der Waals surface area contributed by atoms with Crippen molar-refractivity contribution < 1.29 is 0 Å². The summed E-state index contributed by atoms with van der Waals surface area (Å²) in [5.74, 6) is 0. The van der Waals surface area contributed by atoms with Gasteiger partial charge in [0.2, 0.25) is 0 Å². The largest absolute Gasteiger partial charge is 0.0619 e. The monoisotopic (exact) mass is 1260 g/mol. The fraction of sp³-hybridized carbons (Fsp3) is 0.204. The summed E-state index contributed by atoms with van der Waals surface area (Å²) in [6.07, 6.45) is 0. The van der Waals surface area contributed by atoms with Gasteiger partial charge >= 0.3 is 0 Å². The predicted octanol–water partition coefficient (Wildman–Crippen LogP) is 26.2. The third-order valence-electron chi connectivity index (χ3n) is 24.7. The van der Waals surface area contributed by atoms with Crippen LogP contribution in [0.2, 0.25) is 0 Å². The van der Waals surface area contributed by atoms with Gasteiger partial charge in [-0.3, -0.25) is 0 Å². The van der Waals surface area contributed by atoms with Gasteiger partial charge in [0, 0.05) is 32.5 Å². The summed E-state index contributed by atoms with van der Waals surface area (Å²) in [5.41, 5.74) is 48.6. The highest BCUT2D eigenvalue weighted by atomic mass is 14.5. The van der Waals surface area contributed by atoms with Crippen molar-refractivity contribution in [2.75, 3.05) is 0 Å². The highest BCUT2D eigenvalue weighted by Crippen LogP contribution is 2.57. The molecule has 0 bridgehead atoms. The fourth-order valence-corrected chi connectivity index (χ4v) is 19.0. The maximum absolute atomic E-state index is 2.48. The Morgan fingerprint density at radius 2 is 0.327 bits per heavy atom. The molecule has 0 N–H and O–H groups in total. The SMILES string of the molecule is Cc1cc(-c2ccc3c(c2)C(C)(C)c2cc(-c4ccc5c(c4)C(C)(C)c4ccccc4-5)ccc2-3)cc(-c2ccc3c(c2)C(C)(C)c2cc(-c4ccc5c(c4)C(C)(C)c4ccccc4-5)ccc2-3)c1.Cc1ccc2c(c1)C(C)(C)c1cc(-c3ccc4c(c3)C(C)(C)c3ccccc3-4)ccc1-2. The van der Waals surface area contributed by atoms with Crippen molar-refractivity contribution in [3.8, 4) is 122 Å². The zero-order chi connectivity index (χ0) is 67.5. The molecule has 0 unspecified atom stereocenters. The lowest BCUT2D eigenvalue weighted by molar-refractivity contribution is 0.659. The molecule has 13 aromatic rings. The van der Waals surface area contributed by atoms with E-state index in [1.807, 2.05) is 0 Å².